The second-order valence-electron chi connectivity index (χ2n) is 6.59. The predicted octanol–water partition coefficient (Wildman–Crippen LogP) is 1.30. The molecule has 100 valence electrons. The Balaban J connectivity index is 1.69. The van der Waals surface area contributed by atoms with Crippen LogP contribution in [0, 0.1) is 11.3 Å². The smallest absolute Gasteiger partial charge is 0.245 e. The maximum Gasteiger partial charge on any atom is 0.245 e. The van der Waals surface area contributed by atoms with Crippen molar-refractivity contribution in [1.82, 2.24) is 10.2 Å². The van der Waals surface area contributed by atoms with Gasteiger partial charge in [0.2, 0.25) is 11.8 Å². The molecule has 1 aliphatic heterocycles. The first kappa shape index (κ1) is 12.0. The lowest BCUT2D eigenvalue weighted by atomic mass is 9.87. The average molecular weight is 250 g/mol. The van der Waals surface area contributed by atoms with E-state index in [1.807, 2.05) is 4.90 Å². The number of piperazine rings is 1. The molecule has 3 fully saturated rings. The van der Waals surface area contributed by atoms with Gasteiger partial charge in [-0.15, -0.1) is 0 Å². The zero-order chi connectivity index (χ0) is 12.8. The molecule has 3 rings (SSSR count). The van der Waals surface area contributed by atoms with Gasteiger partial charge in [-0.2, -0.15) is 0 Å². The van der Waals surface area contributed by atoms with Crippen molar-refractivity contribution in [3.63, 3.8) is 0 Å². The van der Waals surface area contributed by atoms with Crippen LogP contribution in [-0.2, 0) is 9.59 Å². The molecule has 0 bridgehead atoms. The fourth-order valence-electron chi connectivity index (χ4n) is 3.46. The second-order valence-corrected chi connectivity index (χ2v) is 6.59. The minimum Gasteiger partial charge on any atom is -0.342 e. The Morgan fingerprint density at radius 2 is 1.94 bits per heavy atom. The monoisotopic (exact) mass is 250 g/mol. The van der Waals surface area contributed by atoms with Crippen molar-refractivity contribution in [3.05, 3.63) is 0 Å². The summed E-state index contributed by atoms with van der Waals surface area (Å²) in [6, 6.07) is -0.226. The van der Waals surface area contributed by atoms with E-state index in [0.29, 0.717) is 5.92 Å². The maximum absolute atomic E-state index is 12.4. The van der Waals surface area contributed by atoms with E-state index < -0.39 is 0 Å². The fourth-order valence-corrected chi connectivity index (χ4v) is 3.46. The number of rotatable bonds is 3. The summed E-state index contributed by atoms with van der Waals surface area (Å²) in [5.41, 5.74) is 0.237. The van der Waals surface area contributed by atoms with E-state index in [1.165, 1.54) is 25.7 Å². The van der Waals surface area contributed by atoms with Crippen molar-refractivity contribution in [2.24, 2.45) is 11.3 Å². The van der Waals surface area contributed by atoms with Gasteiger partial charge in [-0.25, -0.2) is 0 Å². The number of nitrogens with one attached hydrogen (secondary N) is 1. The van der Waals surface area contributed by atoms with E-state index in [1.54, 1.807) is 0 Å². The topological polar surface area (TPSA) is 49.4 Å². The minimum atomic E-state index is -0.226. The fraction of sp³-hybridized carbons (Fsp3) is 0.857. The average Bonchev–Trinajstić information content (AvgIpc) is 3.07. The van der Waals surface area contributed by atoms with Gasteiger partial charge >= 0.3 is 0 Å². The lowest BCUT2D eigenvalue weighted by molar-refractivity contribution is -0.146. The molecule has 0 aromatic carbocycles. The molecule has 18 heavy (non-hydrogen) atoms. The number of hydrogen-bond donors (Lipinski definition) is 1. The lowest BCUT2D eigenvalue weighted by Crippen LogP contribution is -2.60. The quantitative estimate of drug-likeness (QED) is 0.821. The Bertz CT molecular complexity index is 370. The standard InChI is InChI=1S/C14H22N2O2/c1-14(6-2-3-7-14)9-16-8-11(17)15-12(13(16)18)10-4-5-10/h10,12H,2-9H2,1H3,(H,15,17). The molecule has 1 N–H and O–H groups in total. The highest BCUT2D eigenvalue weighted by Crippen LogP contribution is 2.39. The Labute approximate surface area is 108 Å². The van der Waals surface area contributed by atoms with Crippen LogP contribution in [0.2, 0.25) is 0 Å². The van der Waals surface area contributed by atoms with E-state index in [9.17, 15) is 9.59 Å². The van der Waals surface area contributed by atoms with E-state index >= 15 is 0 Å². The molecular weight excluding hydrogens is 228 g/mol. The summed E-state index contributed by atoms with van der Waals surface area (Å²) in [6.07, 6.45) is 7.07. The Morgan fingerprint density at radius 1 is 1.28 bits per heavy atom. The Hall–Kier alpha value is -1.06. The number of carbonyl (C=O) groups is 2. The van der Waals surface area contributed by atoms with Gasteiger partial charge < -0.3 is 10.2 Å². The highest BCUT2D eigenvalue weighted by atomic mass is 16.2. The van der Waals surface area contributed by atoms with E-state index in [0.717, 1.165) is 19.4 Å². The zero-order valence-electron chi connectivity index (χ0n) is 11.1. The highest BCUT2D eigenvalue weighted by Gasteiger charge is 2.44. The molecule has 1 atom stereocenters. The van der Waals surface area contributed by atoms with Crippen LogP contribution in [-0.4, -0.2) is 35.8 Å². The molecule has 0 radical (unpaired) electrons. The van der Waals surface area contributed by atoms with Gasteiger partial charge in [0, 0.05) is 6.54 Å². The van der Waals surface area contributed by atoms with Gasteiger partial charge in [-0.1, -0.05) is 19.8 Å². The van der Waals surface area contributed by atoms with Crippen LogP contribution in [0.3, 0.4) is 0 Å². The normalized spacial score (nSPS) is 31.6. The molecule has 4 nitrogen and oxygen atoms in total. The summed E-state index contributed by atoms with van der Waals surface area (Å²) < 4.78 is 0. The summed E-state index contributed by atoms with van der Waals surface area (Å²) in [4.78, 5) is 25.9. The molecular formula is C14H22N2O2. The number of hydrogen-bond acceptors (Lipinski definition) is 2. The number of carbonyl (C=O) groups excluding carboxylic acids is 2. The summed E-state index contributed by atoms with van der Waals surface area (Å²) in [5.74, 6) is 0.582. The lowest BCUT2D eigenvalue weighted by Gasteiger charge is -2.37. The van der Waals surface area contributed by atoms with Gasteiger partial charge in [-0.05, 0) is 37.0 Å². The molecule has 2 saturated carbocycles. The van der Waals surface area contributed by atoms with Crippen molar-refractivity contribution in [1.29, 1.82) is 0 Å². The molecule has 4 heteroatoms. The van der Waals surface area contributed by atoms with Crippen LogP contribution in [0.4, 0.5) is 0 Å². The minimum absolute atomic E-state index is 0.0214. The van der Waals surface area contributed by atoms with Crippen LogP contribution >= 0.6 is 0 Å². The van der Waals surface area contributed by atoms with Crippen LogP contribution in [0.1, 0.15) is 45.4 Å². The van der Waals surface area contributed by atoms with Crippen LogP contribution in [0.5, 0.6) is 0 Å². The van der Waals surface area contributed by atoms with E-state index in [-0.39, 0.29) is 29.8 Å². The number of amides is 2. The first-order chi connectivity index (χ1) is 8.57. The van der Waals surface area contributed by atoms with Crippen LogP contribution in [0.15, 0.2) is 0 Å². The van der Waals surface area contributed by atoms with Crippen molar-refractivity contribution in [2.45, 2.75) is 51.5 Å². The van der Waals surface area contributed by atoms with Gasteiger partial charge in [0.15, 0.2) is 0 Å². The van der Waals surface area contributed by atoms with Crippen molar-refractivity contribution < 1.29 is 9.59 Å². The Kier molecular flexibility index (Phi) is 2.83. The summed E-state index contributed by atoms with van der Waals surface area (Å²) in [6.45, 7) is 3.28. The maximum atomic E-state index is 12.4. The third-order valence-corrected chi connectivity index (χ3v) is 4.71. The second kappa shape index (κ2) is 4.25. The highest BCUT2D eigenvalue weighted by molar-refractivity contribution is 5.95. The van der Waals surface area contributed by atoms with Crippen molar-refractivity contribution in [2.75, 3.05) is 13.1 Å². The van der Waals surface area contributed by atoms with Gasteiger partial charge in [0.25, 0.3) is 0 Å². The number of nitrogens with zero attached hydrogens (tertiary/aromatic N) is 1. The van der Waals surface area contributed by atoms with Crippen LogP contribution in [0.25, 0.3) is 0 Å². The first-order valence-corrected chi connectivity index (χ1v) is 7.16. The van der Waals surface area contributed by atoms with Crippen molar-refractivity contribution in [3.8, 4) is 0 Å². The molecule has 0 spiro atoms. The molecule has 1 heterocycles. The van der Waals surface area contributed by atoms with Gasteiger partial charge in [0.1, 0.15) is 6.04 Å². The van der Waals surface area contributed by atoms with E-state index in [4.69, 9.17) is 0 Å². The molecule has 2 amide bonds. The molecule has 0 aromatic heterocycles. The third kappa shape index (κ3) is 2.25. The molecule has 2 aliphatic carbocycles. The first-order valence-electron chi connectivity index (χ1n) is 7.16. The summed E-state index contributed by atoms with van der Waals surface area (Å²) in [5, 5.41) is 2.87. The van der Waals surface area contributed by atoms with Gasteiger partial charge in [-0.3, -0.25) is 9.59 Å². The third-order valence-electron chi connectivity index (χ3n) is 4.71. The largest absolute Gasteiger partial charge is 0.342 e. The molecule has 0 aromatic rings. The molecule has 3 aliphatic rings. The van der Waals surface area contributed by atoms with Gasteiger partial charge in [0.05, 0.1) is 6.54 Å². The molecule has 1 unspecified atom stereocenters. The van der Waals surface area contributed by atoms with Crippen molar-refractivity contribution >= 4 is 11.8 Å². The van der Waals surface area contributed by atoms with E-state index in [2.05, 4.69) is 12.2 Å². The predicted molar refractivity (Wildman–Crippen MR) is 67.8 cm³/mol. The zero-order valence-corrected chi connectivity index (χ0v) is 11.1. The SMILES string of the molecule is CC1(CN2CC(=O)NC(C3CC3)C2=O)CCCC1. The molecule has 1 saturated heterocycles. The Morgan fingerprint density at radius 3 is 2.56 bits per heavy atom. The van der Waals surface area contributed by atoms with Crippen LogP contribution < -0.4 is 5.32 Å². The summed E-state index contributed by atoms with van der Waals surface area (Å²) >= 11 is 0. The summed E-state index contributed by atoms with van der Waals surface area (Å²) in [7, 11) is 0.